The van der Waals surface area contributed by atoms with Gasteiger partial charge in [-0.3, -0.25) is 19.2 Å². The Morgan fingerprint density at radius 1 is 1.48 bits per heavy atom. The highest BCUT2D eigenvalue weighted by Gasteiger charge is 2.34. The van der Waals surface area contributed by atoms with Crippen LogP contribution in [0.3, 0.4) is 0 Å². The van der Waals surface area contributed by atoms with Gasteiger partial charge in [-0.1, -0.05) is 6.92 Å². The zero-order valence-electron chi connectivity index (χ0n) is 14.4. The number of hydrogen-bond acceptors (Lipinski definition) is 5. The van der Waals surface area contributed by atoms with Crippen molar-refractivity contribution in [2.75, 3.05) is 26.2 Å². The molecule has 0 radical (unpaired) electrons. The zero-order valence-corrected chi connectivity index (χ0v) is 14.4. The lowest BCUT2D eigenvalue weighted by molar-refractivity contribution is -0.0708. The van der Waals surface area contributed by atoms with Gasteiger partial charge < -0.3 is 15.0 Å². The van der Waals surface area contributed by atoms with E-state index in [-0.39, 0.29) is 23.6 Å². The highest BCUT2D eigenvalue weighted by molar-refractivity contribution is 5.93. The van der Waals surface area contributed by atoms with Gasteiger partial charge in [0, 0.05) is 44.2 Å². The van der Waals surface area contributed by atoms with Crippen LogP contribution < -0.4 is 10.9 Å². The monoisotopic (exact) mass is 345 g/mol. The zero-order chi connectivity index (χ0) is 17.8. The predicted octanol–water partition coefficient (Wildman–Crippen LogP) is 0.300. The Morgan fingerprint density at radius 2 is 2.32 bits per heavy atom. The average Bonchev–Trinajstić information content (AvgIpc) is 3.04. The highest BCUT2D eigenvalue weighted by Crippen LogP contribution is 2.28. The maximum Gasteiger partial charge on any atom is 0.251 e. The summed E-state index contributed by atoms with van der Waals surface area (Å²) in [6.07, 6.45) is 3.05. The van der Waals surface area contributed by atoms with Crippen LogP contribution in [0.25, 0.3) is 0 Å². The molecule has 1 amide bonds. The van der Waals surface area contributed by atoms with E-state index in [1.165, 1.54) is 12.3 Å². The molecule has 0 aromatic carbocycles. The number of carbonyl (C=O) groups excluding carboxylic acids is 1. The number of nitrogens with zero attached hydrogens (tertiary/aromatic N) is 3. The fourth-order valence-corrected chi connectivity index (χ4v) is 3.25. The standard InChI is InChI=1S/C17H23N5O3/c1-3-22-8-9-25-14(16(22)13-5-7-20-21(13)2)11-19-17(24)12-4-6-18-15(23)10-12/h4-7,10,14,16H,3,8-9,11H2,1-2H3,(H,18,23)(H,19,24)/t14-,16-/m0/s1. The summed E-state index contributed by atoms with van der Waals surface area (Å²) in [4.78, 5) is 28.5. The molecule has 1 fully saturated rings. The number of morpholine rings is 1. The normalized spacial score (nSPS) is 21.2. The van der Waals surface area contributed by atoms with Crippen molar-refractivity contribution in [3.05, 3.63) is 52.2 Å². The molecule has 25 heavy (non-hydrogen) atoms. The van der Waals surface area contributed by atoms with Gasteiger partial charge in [0.2, 0.25) is 5.56 Å². The number of pyridine rings is 1. The van der Waals surface area contributed by atoms with Gasteiger partial charge in [0.15, 0.2) is 0 Å². The molecule has 0 spiro atoms. The number of carbonyl (C=O) groups is 1. The molecule has 2 aromatic heterocycles. The van der Waals surface area contributed by atoms with Crippen molar-refractivity contribution in [3.63, 3.8) is 0 Å². The average molecular weight is 345 g/mol. The number of hydrogen-bond donors (Lipinski definition) is 2. The van der Waals surface area contributed by atoms with Gasteiger partial charge >= 0.3 is 0 Å². The summed E-state index contributed by atoms with van der Waals surface area (Å²) in [7, 11) is 1.91. The molecule has 0 bridgehead atoms. The number of likely N-dealkylation sites (N-methyl/N-ethyl adjacent to an activating group) is 1. The summed E-state index contributed by atoms with van der Waals surface area (Å²) < 4.78 is 7.79. The van der Waals surface area contributed by atoms with Crippen LogP contribution in [0.5, 0.6) is 0 Å². The third-order valence-electron chi connectivity index (χ3n) is 4.53. The van der Waals surface area contributed by atoms with E-state index in [9.17, 15) is 9.59 Å². The minimum atomic E-state index is -0.300. The van der Waals surface area contributed by atoms with Gasteiger partial charge in [0.25, 0.3) is 5.91 Å². The first-order chi connectivity index (χ1) is 12.1. The van der Waals surface area contributed by atoms with E-state index in [1.54, 1.807) is 12.3 Å². The Labute approximate surface area is 145 Å². The molecule has 0 aliphatic carbocycles. The summed E-state index contributed by atoms with van der Waals surface area (Å²) in [6, 6.07) is 4.86. The number of aryl methyl sites for hydroxylation is 1. The van der Waals surface area contributed by atoms with E-state index < -0.39 is 0 Å². The molecule has 1 aliphatic rings. The minimum absolute atomic E-state index is 0.0192. The SMILES string of the molecule is CCN1CCO[C@@H](CNC(=O)c2cc[nH]c(=O)c2)[C@@H]1c1ccnn1C. The third kappa shape index (κ3) is 3.80. The maximum atomic E-state index is 12.3. The van der Waals surface area contributed by atoms with E-state index in [0.717, 1.165) is 18.8 Å². The lowest BCUT2D eigenvalue weighted by Crippen LogP contribution is -2.50. The molecule has 2 N–H and O–H groups in total. The quantitative estimate of drug-likeness (QED) is 0.813. The van der Waals surface area contributed by atoms with Crippen LogP contribution in [0.4, 0.5) is 0 Å². The molecule has 134 valence electrons. The van der Waals surface area contributed by atoms with Crippen molar-refractivity contribution in [1.82, 2.24) is 25.0 Å². The fraction of sp³-hybridized carbons (Fsp3) is 0.471. The number of aromatic amines is 1. The second kappa shape index (κ2) is 7.62. The van der Waals surface area contributed by atoms with Crippen LogP contribution in [0, 0.1) is 0 Å². The van der Waals surface area contributed by atoms with Crippen molar-refractivity contribution in [3.8, 4) is 0 Å². The first-order valence-corrected chi connectivity index (χ1v) is 8.40. The van der Waals surface area contributed by atoms with Crippen molar-refractivity contribution in [1.29, 1.82) is 0 Å². The van der Waals surface area contributed by atoms with Gasteiger partial charge in [0.05, 0.1) is 24.4 Å². The molecule has 3 heterocycles. The van der Waals surface area contributed by atoms with Crippen molar-refractivity contribution in [2.45, 2.75) is 19.1 Å². The van der Waals surface area contributed by atoms with Crippen molar-refractivity contribution < 1.29 is 9.53 Å². The van der Waals surface area contributed by atoms with Crippen LogP contribution in [-0.4, -0.2) is 57.9 Å². The summed E-state index contributed by atoms with van der Waals surface area (Å²) in [5.41, 5.74) is 1.09. The molecular weight excluding hydrogens is 322 g/mol. The van der Waals surface area contributed by atoms with Gasteiger partial charge in [-0.25, -0.2) is 0 Å². The van der Waals surface area contributed by atoms with E-state index >= 15 is 0 Å². The van der Waals surface area contributed by atoms with Crippen LogP contribution in [-0.2, 0) is 11.8 Å². The topological polar surface area (TPSA) is 92.2 Å². The third-order valence-corrected chi connectivity index (χ3v) is 4.53. The van der Waals surface area contributed by atoms with Crippen molar-refractivity contribution in [2.24, 2.45) is 7.05 Å². The van der Waals surface area contributed by atoms with Gasteiger partial charge in [-0.05, 0) is 18.7 Å². The molecule has 0 saturated carbocycles. The number of aromatic nitrogens is 3. The van der Waals surface area contributed by atoms with Crippen molar-refractivity contribution >= 4 is 5.91 Å². The molecule has 2 atom stereocenters. The van der Waals surface area contributed by atoms with Gasteiger partial charge in [-0.15, -0.1) is 0 Å². The van der Waals surface area contributed by atoms with E-state index in [0.29, 0.717) is 18.7 Å². The second-order valence-electron chi connectivity index (χ2n) is 6.01. The van der Waals surface area contributed by atoms with E-state index in [1.807, 2.05) is 17.8 Å². The lowest BCUT2D eigenvalue weighted by atomic mass is 10.0. The summed E-state index contributed by atoms with van der Waals surface area (Å²) in [6.45, 7) is 4.81. The van der Waals surface area contributed by atoms with E-state index in [4.69, 9.17) is 4.74 Å². The number of amides is 1. The number of nitrogens with one attached hydrogen (secondary N) is 2. The minimum Gasteiger partial charge on any atom is -0.373 e. The molecule has 1 aliphatic heterocycles. The summed E-state index contributed by atoms with van der Waals surface area (Å²) in [5, 5.41) is 7.14. The molecule has 2 aromatic rings. The highest BCUT2D eigenvalue weighted by atomic mass is 16.5. The molecule has 8 heteroatoms. The Balaban J connectivity index is 1.74. The Hall–Kier alpha value is -2.45. The van der Waals surface area contributed by atoms with Gasteiger partial charge in [0.1, 0.15) is 0 Å². The second-order valence-corrected chi connectivity index (χ2v) is 6.01. The van der Waals surface area contributed by atoms with Crippen LogP contribution >= 0.6 is 0 Å². The predicted molar refractivity (Wildman–Crippen MR) is 92.3 cm³/mol. The maximum absolute atomic E-state index is 12.3. The Kier molecular flexibility index (Phi) is 5.30. The van der Waals surface area contributed by atoms with Gasteiger partial charge in [-0.2, -0.15) is 5.10 Å². The molecule has 8 nitrogen and oxygen atoms in total. The smallest absolute Gasteiger partial charge is 0.251 e. The van der Waals surface area contributed by atoms with E-state index in [2.05, 4.69) is 27.2 Å². The molecule has 3 rings (SSSR count). The van der Waals surface area contributed by atoms with Crippen LogP contribution in [0.2, 0.25) is 0 Å². The fourth-order valence-electron chi connectivity index (χ4n) is 3.25. The lowest BCUT2D eigenvalue weighted by Gasteiger charge is -2.40. The number of rotatable bonds is 5. The number of ether oxygens (including phenoxy) is 1. The van der Waals surface area contributed by atoms with Crippen LogP contribution in [0.15, 0.2) is 35.4 Å². The van der Waals surface area contributed by atoms with Crippen LogP contribution in [0.1, 0.15) is 29.0 Å². The molecule has 0 unspecified atom stereocenters. The first kappa shape index (κ1) is 17.4. The largest absolute Gasteiger partial charge is 0.373 e. The Morgan fingerprint density at radius 3 is 3.00 bits per heavy atom. The molecule has 1 saturated heterocycles. The Bertz CT molecular complexity index is 784. The number of H-pyrrole nitrogens is 1. The summed E-state index contributed by atoms with van der Waals surface area (Å²) in [5.74, 6) is -0.285. The first-order valence-electron chi connectivity index (χ1n) is 8.40. The molecular formula is C17H23N5O3. The summed E-state index contributed by atoms with van der Waals surface area (Å²) >= 11 is 0.